The first-order chi connectivity index (χ1) is 9.31. The minimum atomic E-state index is 0.589. The van der Waals surface area contributed by atoms with Crippen LogP contribution < -0.4 is 5.32 Å². The van der Waals surface area contributed by atoms with Crippen LogP contribution >= 0.6 is 0 Å². The molecule has 2 unspecified atom stereocenters. The van der Waals surface area contributed by atoms with Gasteiger partial charge in [-0.25, -0.2) is 0 Å². The number of aryl methyl sites for hydroxylation is 1. The van der Waals surface area contributed by atoms with Gasteiger partial charge >= 0.3 is 0 Å². The highest BCUT2D eigenvalue weighted by molar-refractivity contribution is 5.32. The molecule has 1 aromatic carbocycles. The Morgan fingerprint density at radius 3 is 2.89 bits per heavy atom. The Morgan fingerprint density at radius 2 is 2.05 bits per heavy atom. The lowest BCUT2D eigenvalue weighted by Crippen LogP contribution is -2.32. The van der Waals surface area contributed by atoms with Crippen molar-refractivity contribution in [3.8, 4) is 0 Å². The number of rotatable bonds is 7. The third-order valence-corrected chi connectivity index (χ3v) is 4.35. The van der Waals surface area contributed by atoms with Gasteiger partial charge in [-0.1, -0.05) is 56.9 Å². The molecule has 1 nitrogen and oxygen atoms in total. The normalized spacial score (nSPS) is 20.0. The van der Waals surface area contributed by atoms with Crippen molar-refractivity contribution in [3.05, 3.63) is 35.4 Å². The Bertz CT molecular complexity index is 372. The Labute approximate surface area is 118 Å². The zero-order valence-corrected chi connectivity index (χ0v) is 12.6. The second-order valence-electron chi connectivity index (χ2n) is 6.06. The summed E-state index contributed by atoms with van der Waals surface area (Å²) in [4.78, 5) is 0. The van der Waals surface area contributed by atoms with Crippen molar-refractivity contribution >= 4 is 0 Å². The van der Waals surface area contributed by atoms with Crippen LogP contribution in [0.15, 0.2) is 24.3 Å². The standard InChI is InChI=1S/C18H29N/c1-3-4-5-6-10-15(2)19-18-14-9-12-16-11-7-8-13-17(16)18/h7-8,11,13,15,18-19H,3-6,9-10,12,14H2,1-2H3. The van der Waals surface area contributed by atoms with E-state index in [9.17, 15) is 0 Å². The summed E-state index contributed by atoms with van der Waals surface area (Å²) in [5.74, 6) is 0. The summed E-state index contributed by atoms with van der Waals surface area (Å²) in [5.41, 5.74) is 3.11. The van der Waals surface area contributed by atoms with Crippen LogP contribution in [-0.4, -0.2) is 6.04 Å². The van der Waals surface area contributed by atoms with Crippen LogP contribution in [0.1, 0.15) is 76.0 Å². The maximum absolute atomic E-state index is 3.85. The first-order valence-electron chi connectivity index (χ1n) is 8.15. The maximum atomic E-state index is 3.85. The molecule has 0 amide bonds. The molecular formula is C18H29N. The van der Waals surface area contributed by atoms with E-state index < -0.39 is 0 Å². The molecule has 0 aliphatic heterocycles. The molecule has 0 spiro atoms. The van der Waals surface area contributed by atoms with E-state index in [4.69, 9.17) is 0 Å². The van der Waals surface area contributed by atoms with Crippen LogP contribution in [0.25, 0.3) is 0 Å². The van der Waals surface area contributed by atoms with Gasteiger partial charge in [0, 0.05) is 12.1 Å². The molecule has 106 valence electrons. The third-order valence-electron chi connectivity index (χ3n) is 4.35. The molecule has 0 saturated carbocycles. The fourth-order valence-electron chi connectivity index (χ4n) is 3.23. The summed E-state index contributed by atoms with van der Waals surface area (Å²) >= 11 is 0. The molecule has 0 saturated heterocycles. The van der Waals surface area contributed by atoms with Gasteiger partial charge in [0.2, 0.25) is 0 Å². The molecule has 19 heavy (non-hydrogen) atoms. The van der Waals surface area contributed by atoms with Crippen LogP contribution in [0.4, 0.5) is 0 Å². The number of benzene rings is 1. The van der Waals surface area contributed by atoms with Crippen molar-refractivity contribution in [3.63, 3.8) is 0 Å². The summed E-state index contributed by atoms with van der Waals surface area (Å²) in [6.07, 6.45) is 10.7. The summed E-state index contributed by atoms with van der Waals surface area (Å²) in [7, 11) is 0. The first kappa shape index (κ1) is 14.6. The SMILES string of the molecule is CCCCCCC(C)NC1CCCc2ccccc21. The van der Waals surface area contributed by atoms with Gasteiger partial charge in [0.1, 0.15) is 0 Å². The van der Waals surface area contributed by atoms with Gasteiger partial charge in [-0.05, 0) is 43.7 Å². The van der Waals surface area contributed by atoms with E-state index in [-0.39, 0.29) is 0 Å². The minimum absolute atomic E-state index is 0.589. The molecule has 1 aliphatic rings. The molecule has 1 N–H and O–H groups in total. The second kappa shape index (κ2) is 7.69. The van der Waals surface area contributed by atoms with Gasteiger partial charge < -0.3 is 5.32 Å². The molecule has 0 aromatic heterocycles. The predicted molar refractivity (Wildman–Crippen MR) is 83.5 cm³/mol. The average molecular weight is 259 g/mol. The van der Waals surface area contributed by atoms with Gasteiger partial charge in [-0.3, -0.25) is 0 Å². The van der Waals surface area contributed by atoms with Gasteiger partial charge in [0.05, 0.1) is 0 Å². The highest BCUT2D eigenvalue weighted by atomic mass is 14.9. The lowest BCUT2D eigenvalue weighted by atomic mass is 9.87. The Hall–Kier alpha value is -0.820. The molecule has 1 heteroatoms. The zero-order valence-electron chi connectivity index (χ0n) is 12.6. The smallest absolute Gasteiger partial charge is 0.0325 e. The van der Waals surface area contributed by atoms with Crippen LogP contribution in [0.5, 0.6) is 0 Å². The quantitative estimate of drug-likeness (QED) is 0.678. The van der Waals surface area contributed by atoms with Crippen molar-refractivity contribution in [2.24, 2.45) is 0 Å². The van der Waals surface area contributed by atoms with Crippen molar-refractivity contribution in [2.45, 2.75) is 77.3 Å². The van der Waals surface area contributed by atoms with E-state index in [0.29, 0.717) is 12.1 Å². The first-order valence-corrected chi connectivity index (χ1v) is 8.15. The van der Waals surface area contributed by atoms with Crippen LogP contribution in [0.2, 0.25) is 0 Å². The molecule has 0 heterocycles. The number of unbranched alkanes of at least 4 members (excludes halogenated alkanes) is 3. The van der Waals surface area contributed by atoms with Crippen molar-refractivity contribution in [2.75, 3.05) is 0 Å². The summed E-state index contributed by atoms with van der Waals surface area (Å²) in [5, 5.41) is 3.85. The van der Waals surface area contributed by atoms with Crippen molar-refractivity contribution in [1.82, 2.24) is 5.32 Å². The van der Waals surface area contributed by atoms with E-state index in [1.54, 1.807) is 11.1 Å². The summed E-state index contributed by atoms with van der Waals surface area (Å²) in [6, 6.07) is 10.2. The van der Waals surface area contributed by atoms with Gasteiger partial charge in [-0.15, -0.1) is 0 Å². The van der Waals surface area contributed by atoms with E-state index >= 15 is 0 Å². The topological polar surface area (TPSA) is 12.0 Å². The number of hydrogen-bond donors (Lipinski definition) is 1. The molecule has 1 aliphatic carbocycles. The summed E-state index contributed by atoms with van der Waals surface area (Å²) in [6.45, 7) is 4.63. The lowest BCUT2D eigenvalue weighted by Gasteiger charge is -2.29. The third kappa shape index (κ3) is 4.35. The van der Waals surface area contributed by atoms with Crippen molar-refractivity contribution < 1.29 is 0 Å². The highest BCUT2D eigenvalue weighted by Gasteiger charge is 2.20. The molecular weight excluding hydrogens is 230 g/mol. The van der Waals surface area contributed by atoms with E-state index in [1.807, 2.05) is 0 Å². The molecule has 1 aromatic rings. The largest absolute Gasteiger partial charge is 0.307 e. The predicted octanol–water partition coefficient (Wildman–Crippen LogP) is 5.01. The minimum Gasteiger partial charge on any atom is -0.307 e. The van der Waals surface area contributed by atoms with Crippen LogP contribution in [0, 0.1) is 0 Å². The van der Waals surface area contributed by atoms with Crippen molar-refractivity contribution in [1.29, 1.82) is 0 Å². The Morgan fingerprint density at radius 1 is 1.21 bits per heavy atom. The fraction of sp³-hybridized carbons (Fsp3) is 0.667. The van der Waals surface area contributed by atoms with E-state index in [1.165, 1.54) is 51.4 Å². The van der Waals surface area contributed by atoms with Crippen LogP contribution in [0.3, 0.4) is 0 Å². The zero-order chi connectivity index (χ0) is 13.5. The maximum Gasteiger partial charge on any atom is 0.0325 e. The fourth-order valence-corrected chi connectivity index (χ4v) is 3.23. The number of fused-ring (bicyclic) bond motifs is 1. The monoisotopic (exact) mass is 259 g/mol. The van der Waals surface area contributed by atoms with Gasteiger partial charge in [-0.2, -0.15) is 0 Å². The molecule has 0 fully saturated rings. The highest BCUT2D eigenvalue weighted by Crippen LogP contribution is 2.30. The van der Waals surface area contributed by atoms with Gasteiger partial charge in [0.25, 0.3) is 0 Å². The second-order valence-corrected chi connectivity index (χ2v) is 6.06. The molecule has 0 radical (unpaired) electrons. The molecule has 2 rings (SSSR count). The van der Waals surface area contributed by atoms with Crippen LogP contribution in [-0.2, 0) is 6.42 Å². The van der Waals surface area contributed by atoms with Gasteiger partial charge in [0.15, 0.2) is 0 Å². The summed E-state index contributed by atoms with van der Waals surface area (Å²) < 4.78 is 0. The number of hydrogen-bond acceptors (Lipinski definition) is 1. The molecule has 0 bridgehead atoms. The lowest BCUT2D eigenvalue weighted by molar-refractivity contribution is 0.386. The van der Waals surface area contributed by atoms with E-state index in [0.717, 1.165) is 0 Å². The van der Waals surface area contributed by atoms with E-state index in [2.05, 4.69) is 43.4 Å². The number of nitrogens with one attached hydrogen (secondary N) is 1. The molecule has 2 atom stereocenters. The average Bonchev–Trinajstić information content (AvgIpc) is 2.44. The Kier molecular flexibility index (Phi) is 5.91. The Balaban J connectivity index is 1.83.